The number of piperidine rings is 1. The Morgan fingerprint density at radius 3 is 2.69 bits per heavy atom. The molecule has 9 heteroatoms. The number of nitrogens with zero attached hydrogens (tertiary/aromatic N) is 1. The molecule has 2 atom stereocenters. The standard InChI is InChI=1S/C27H28Cl2FN3O3/c1-15(24-19(28)4-5-20(30)25(24)29)35-22-12-17(14-33-26(22)31)16-3-6-21-18(11-16)23(34-2)13-27(36-21)7-9-32-10-8-27/h3-6,11-12,14-15,23,32H,7-10,13H2,1-2H3,(H2,31,33)/t15-,23?/m1/s1. The maximum absolute atomic E-state index is 14.0. The van der Waals surface area contributed by atoms with Crippen molar-refractivity contribution >= 4 is 29.0 Å². The second kappa shape index (κ2) is 10.1. The van der Waals surface area contributed by atoms with E-state index >= 15 is 0 Å². The first kappa shape index (κ1) is 25.1. The van der Waals surface area contributed by atoms with E-state index in [0.29, 0.717) is 16.3 Å². The third-order valence-electron chi connectivity index (χ3n) is 7.04. The number of halogens is 3. The highest BCUT2D eigenvalue weighted by Gasteiger charge is 2.42. The molecule has 3 aromatic rings. The molecule has 2 aromatic carbocycles. The fraction of sp³-hybridized carbons (Fsp3) is 0.370. The van der Waals surface area contributed by atoms with E-state index in [1.165, 1.54) is 12.1 Å². The maximum Gasteiger partial charge on any atom is 0.166 e. The van der Waals surface area contributed by atoms with Crippen LogP contribution in [0.4, 0.5) is 10.2 Å². The number of anilines is 1. The number of aromatic nitrogens is 1. The van der Waals surface area contributed by atoms with E-state index in [0.717, 1.165) is 54.8 Å². The Hall–Kier alpha value is -2.58. The van der Waals surface area contributed by atoms with Gasteiger partial charge in [-0.25, -0.2) is 9.37 Å². The lowest BCUT2D eigenvalue weighted by molar-refractivity contribution is -0.0478. The van der Waals surface area contributed by atoms with Crippen molar-refractivity contribution in [1.29, 1.82) is 0 Å². The topological polar surface area (TPSA) is 78.6 Å². The highest BCUT2D eigenvalue weighted by atomic mass is 35.5. The fourth-order valence-corrected chi connectivity index (χ4v) is 5.74. The number of hydrogen-bond acceptors (Lipinski definition) is 6. The molecule has 3 N–H and O–H groups in total. The van der Waals surface area contributed by atoms with E-state index in [9.17, 15) is 4.39 Å². The number of methoxy groups -OCH3 is 1. The number of pyridine rings is 1. The predicted octanol–water partition coefficient (Wildman–Crippen LogP) is 6.51. The summed E-state index contributed by atoms with van der Waals surface area (Å²) in [5.74, 6) is 0.838. The molecule has 0 bridgehead atoms. The lowest BCUT2D eigenvalue weighted by atomic mass is 9.81. The second-order valence-electron chi connectivity index (χ2n) is 9.34. The van der Waals surface area contributed by atoms with Gasteiger partial charge in [0.05, 0.1) is 11.1 Å². The van der Waals surface area contributed by atoms with Gasteiger partial charge in [-0.15, -0.1) is 0 Å². The first-order valence-electron chi connectivity index (χ1n) is 11.9. The van der Waals surface area contributed by atoms with Gasteiger partial charge >= 0.3 is 0 Å². The molecule has 1 spiro atoms. The van der Waals surface area contributed by atoms with Gasteiger partial charge < -0.3 is 25.3 Å². The van der Waals surface area contributed by atoms with Crippen LogP contribution in [0.5, 0.6) is 11.5 Å². The van der Waals surface area contributed by atoms with Gasteiger partial charge in [-0.2, -0.15) is 0 Å². The van der Waals surface area contributed by atoms with Crippen LogP contribution in [0, 0.1) is 5.82 Å². The van der Waals surface area contributed by atoms with Gasteiger partial charge in [0.15, 0.2) is 11.6 Å². The minimum atomic E-state index is -0.656. The Morgan fingerprint density at radius 2 is 1.94 bits per heavy atom. The van der Waals surface area contributed by atoms with Gasteiger partial charge in [0, 0.05) is 41.4 Å². The monoisotopic (exact) mass is 531 g/mol. The summed E-state index contributed by atoms with van der Waals surface area (Å²) < 4.78 is 32.5. The molecule has 1 unspecified atom stereocenters. The summed E-state index contributed by atoms with van der Waals surface area (Å²) in [5, 5.41) is 3.63. The molecule has 190 valence electrons. The van der Waals surface area contributed by atoms with Crippen LogP contribution >= 0.6 is 23.2 Å². The van der Waals surface area contributed by atoms with Crippen molar-refractivity contribution in [1.82, 2.24) is 10.3 Å². The van der Waals surface area contributed by atoms with E-state index in [2.05, 4.69) is 16.4 Å². The van der Waals surface area contributed by atoms with Crippen molar-refractivity contribution in [3.8, 4) is 22.6 Å². The van der Waals surface area contributed by atoms with Crippen LogP contribution in [-0.2, 0) is 4.74 Å². The van der Waals surface area contributed by atoms with Gasteiger partial charge in [0.1, 0.15) is 23.3 Å². The summed E-state index contributed by atoms with van der Waals surface area (Å²) in [5.41, 5.74) is 9.00. The molecule has 0 saturated carbocycles. The molecular formula is C27H28Cl2FN3O3. The Labute approximate surface area is 219 Å². The Bertz CT molecular complexity index is 1280. The third-order valence-corrected chi connectivity index (χ3v) is 7.76. The first-order chi connectivity index (χ1) is 17.3. The van der Waals surface area contributed by atoms with Crippen LogP contribution in [-0.4, -0.2) is 30.8 Å². The van der Waals surface area contributed by atoms with Crippen molar-refractivity contribution in [2.24, 2.45) is 0 Å². The van der Waals surface area contributed by atoms with Crippen LogP contribution in [0.1, 0.15) is 49.5 Å². The average Bonchev–Trinajstić information content (AvgIpc) is 2.87. The molecule has 1 fully saturated rings. The Kier molecular flexibility index (Phi) is 7.01. The molecular weight excluding hydrogens is 504 g/mol. The van der Waals surface area contributed by atoms with Crippen molar-refractivity contribution < 1.29 is 18.6 Å². The molecule has 1 saturated heterocycles. The number of benzene rings is 2. The molecule has 0 radical (unpaired) electrons. The molecule has 6 nitrogen and oxygen atoms in total. The zero-order valence-electron chi connectivity index (χ0n) is 20.1. The van der Waals surface area contributed by atoms with Crippen molar-refractivity contribution in [3.63, 3.8) is 0 Å². The molecule has 2 aliphatic rings. The number of nitrogens with one attached hydrogen (secondary N) is 1. The molecule has 5 rings (SSSR count). The maximum atomic E-state index is 14.0. The quantitative estimate of drug-likeness (QED) is 0.365. The van der Waals surface area contributed by atoms with Gasteiger partial charge in [-0.05, 0) is 68.8 Å². The minimum absolute atomic E-state index is 0.0680. The van der Waals surface area contributed by atoms with Crippen molar-refractivity contribution in [2.45, 2.75) is 44.0 Å². The van der Waals surface area contributed by atoms with Gasteiger partial charge in [-0.3, -0.25) is 0 Å². The number of hydrogen-bond donors (Lipinski definition) is 2. The smallest absolute Gasteiger partial charge is 0.166 e. The number of fused-ring (bicyclic) bond motifs is 1. The van der Waals surface area contributed by atoms with Crippen LogP contribution in [0.2, 0.25) is 10.0 Å². The third kappa shape index (κ3) is 4.73. The Balaban J connectivity index is 1.44. The van der Waals surface area contributed by atoms with Crippen LogP contribution in [0.3, 0.4) is 0 Å². The highest BCUT2D eigenvalue weighted by molar-refractivity contribution is 6.36. The lowest BCUT2D eigenvalue weighted by Gasteiger charge is -2.44. The number of ether oxygens (including phenoxy) is 3. The van der Waals surface area contributed by atoms with Gasteiger partial charge in [0.2, 0.25) is 0 Å². The van der Waals surface area contributed by atoms with E-state index in [4.69, 9.17) is 43.1 Å². The second-order valence-corrected chi connectivity index (χ2v) is 10.1. The largest absolute Gasteiger partial charge is 0.487 e. The van der Waals surface area contributed by atoms with Crippen LogP contribution < -0.4 is 20.5 Å². The van der Waals surface area contributed by atoms with Crippen LogP contribution in [0.25, 0.3) is 11.1 Å². The molecule has 36 heavy (non-hydrogen) atoms. The van der Waals surface area contributed by atoms with E-state index in [1.807, 2.05) is 18.2 Å². The van der Waals surface area contributed by atoms with E-state index < -0.39 is 11.9 Å². The fourth-order valence-electron chi connectivity index (χ4n) is 5.07. The summed E-state index contributed by atoms with van der Waals surface area (Å²) in [6.45, 7) is 3.61. The summed E-state index contributed by atoms with van der Waals surface area (Å²) >= 11 is 12.4. The first-order valence-corrected chi connectivity index (χ1v) is 12.7. The van der Waals surface area contributed by atoms with Crippen LogP contribution in [0.15, 0.2) is 42.6 Å². The zero-order chi connectivity index (χ0) is 25.4. The molecule has 3 heterocycles. The highest BCUT2D eigenvalue weighted by Crippen LogP contribution is 2.46. The van der Waals surface area contributed by atoms with Crippen molar-refractivity contribution in [2.75, 3.05) is 25.9 Å². The minimum Gasteiger partial charge on any atom is -0.487 e. The summed E-state index contributed by atoms with van der Waals surface area (Å²) in [4.78, 5) is 4.33. The van der Waals surface area contributed by atoms with E-state index in [-0.39, 0.29) is 22.5 Å². The molecule has 0 aliphatic carbocycles. The summed E-state index contributed by atoms with van der Waals surface area (Å²) in [6, 6.07) is 10.5. The SMILES string of the molecule is COC1CC2(CCNCC2)Oc2ccc(-c3cnc(N)c(O[C@H](C)c4c(Cl)ccc(F)c4Cl)c3)cc21. The number of rotatable bonds is 5. The summed E-state index contributed by atoms with van der Waals surface area (Å²) in [7, 11) is 1.74. The molecule has 0 amide bonds. The molecule has 2 aliphatic heterocycles. The van der Waals surface area contributed by atoms with Gasteiger partial charge in [-0.1, -0.05) is 29.3 Å². The number of nitrogens with two attached hydrogens (primary N) is 1. The van der Waals surface area contributed by atoms with Gasteiger partial charge in [0.25, 0.3) is 0 Å². The normalized spacial score (nSPS) is 19.4. The Morgan fingerprint density at radius 1 is 1.17 bits per heavy atom. The van der Waals surface area contributed by atoms with Crippen molar-refractivity contribution in [3.05, 3.63) is 69.6 Å². The van der Waals surface area contributed by atoms with E-state index in [1.54, 1.807) is 20.2 Å². The lowest BCUT2D eigenvalue weighted by Crippen LogP contribution is -2.49. The average molecular weight is 532 g/mol. The predicted molar refractivity (Wildman–Crippen MR) is 139 cm³/mol. The molecule has 1 aromatic heterocycles. The zero-order valence-corrected chi connectivity index (χ0v) is 21.6. The number of nitrogen functional groups attached to an aromatic ring is 1. The summed E-state index contributed by atoms with van der Waals surface area (Å²) in [6.07, 6.45) is 3.68.